The summed E-state index contributed by atoms with van der Waals surface area (Å²) in [5.74, 6) is 0.412. The van der Waals surface area contributed by atoms with E-state index in [4.69, 9.17) is 15.0 Å². The molecule has 0 radical (unpaired) electrons. The number of carbonyl (C=O) groups is 1. The number of benzene rings is 1. The first-order chi connectivity index (χ1) is 8.37. The molecule has 1 aromatic rings. The first kappa shape index (κ1) is 17.3. The quantitative estimate of drug-likeness (QED) is 0.658. The molecule has 3 N–H and O–H groups in total. The molecule has 0 amide bonds. The van der Waals surface area contributed by atoms with Gasteiger partial charge in [-0.1, -0.05) is 53.7 Å². The number of hydrogen-bond donors (Lipinski definition) is 3. The van der Waals surface area contributed by atoms with Crippen molar-refractivity contribution < 1.29 is 20.1 Å². The zero-order chi connectivity index (χ0) is 15.4. The van der Waals surface area contributed by atoms with Gasteiger partial charge in [0.05, 0.1) is 0 Å². The average Bonchev–Trinajstić information content (AvgIpc) is 2.12. The van der Waals surface area contributed by atoms with E-state index in [2.05, 4.69) is 47.6 Å². The van der Waals surface area contributed by atoms with Gasteiger partial charge in [-0.15, -0.1) is 0 Å². The minimum absolute atomic E-state index is 0.0199. The molecule has 0 saturated carbocycles. The molecule has 1 aromatic carbocycles. The second kappa shape index (κ2) is 5.95. The number of phenols is 1. The lowest BCUT2D eigenvalue weighted by molar-refractivity contribution is 0.137. The lowest BCUT2D eigenvalue weighted by Crippen LogP contribution is -2.21. The van der Waals surface area contributed by atoms with Crippen molar-refractivity contribution in [3.8, 4) is 5.75 Å². The van der Waals surface area contributed by atoms with Crippen molar-refractivity contribution in [1.29, 1.82) is 0 Å². The van der Waals surface area contributed by atoms with Crippen molar-refractivity contribution in [2.45, 2.75) is 52.4 Å². The van der Waals surface area contributed by atoms with Gasteiger partial charge in [0.1, 0.15) is 5.75 Å². The summed E-state index contributed by atoms with van der Waals surface area (Å²) in [6, 6.07) is 5.81. The van der Waals surface area contributed by atoms with Crippen molar-refractivity contribution in [2.75, 3.05) is 0 Å². The Hall–Kier alpha value is -1.71. The summed E-state index contributed by atoms with van der Waals surface area (Å²) in [6.07, 6.45) is -1.83. The minimum atomic E-state index is -1.83. The summed E-state index contributed by atoms with van der Waals surface area (Å²) in [6.45, 7) is 12.9. The molecule has 4 heteroatoms. The predicted octanol–water partition coefficient (Wildman–Crippen LogP) is 4.21. The van der Waals surface area contributed by atoms with Crippen LogP contribution in [0.3, 0.4) is 0 Å². The normalized spacial score (nSPS) is 11.5. The third-order valence-corrected chi connectivity index (χ3v) is 2.60. The van der Waals surface area contributed by atoms with E-state index in [0.29, 0.717) is 5.75 Å². The smallest absolute Gasteiger partial charge is 0.503 e. The molecular weight excluding hydrogens is 244 g/mol. The van der Waals surface area contributed by atoms with Gasteiger partial charge in [-0.05, 0) is 22.5 Å². The van der Waals surface area contributed by atoms with Crippen LogP contribution in [0.2, 0.25) is 0 Å². The fourth-order valence-electron chi connectivity index (χ4n) is 1.95. The number of carboxylic acid groups (broad SMARTS) is 2. The van der Waals surface area contributed by atoms with Crippen LogP contribution in [0.5, 0.6) is 5.75 Å². The van der Waals surface area contributed by atoms with Crippen LogP contribution in [0.15, 0.2) is 18.2 Å². The van der Waals surface area contributed by atoms with Gasteiger partial charge in [-0.25, -0.2) is 4.79 Å². The van der Waals surface area contributed by atoms with Crippen molar-refractivity contribution in [3.05, 3.63) is 29.3 Å². The largest absolute Gasteiger partial charge is 0.508 e. The second-order valence-corrected chi connectivity index (χ2v) is 6.48. The summed E-state index contributed by atoms with van der Waals surface area (Å²) in [5, 5.41) is 23.9. The van der Waals surface area contributed by atoms with Gasteiger partial charge in [-0.2, -0.15) is 0 Å². The van der Waals surface area contributed by atoms with Gasteiger partial charge in [0, 0.05) is 5.56 Å². The molecular formula is C15H24O4. The maximum absolute atomic E-state index is 9.99. The molecule has 0 fully saturated rings. The van der Waals surface area contributed by atoms with Gasteiger partial charge in [0.2, 0.25) is 0 Å². The van der Waals surface area contributed by atoms with E-state index in [1.165, 1.54) is 5.56 Å². The summed E-state index contributed by atoms with van der Waals surface area (Å²) < 4.78 is 0. The number of hydrogen-bond acceptors (Lipinski definition) is 2. The summed E-state index contributed by atoms with van der Waals surface area (Å²) >= 11 is 0. The Morgan fingerprint density at radius 1 is 0.947 bits per heavy atom. The first-order valence-electron chi connectivity index (χ1n) is 6.12. The van der Waals surface area contributed by atoms with Crippen LogP contribution in [-0.4, -0.2) is 21.5 Å². The number of aromatic hydroxyl groups is 1. The second-order valence-electron chi connectivity index (χ2n) is 6.48. The van der Waals surface area contributed by atoms with Crippen molar-refractivity contribution in [1.82, 2.24) is 0 Å². The van der Waals surface area contributed by atoms with E-state index in [-0.39, 0.29) is 10.8 Å². The SMILES string of the molecule is CC(C)(C)c1cccc(O)c1C(C)(C)C.O=C(O)O. The highest BCUT2D eigenvalue weighted by atomic mass is 16.6. The minimum Gasteiger partial charge on any atom is -0.508 e. The van der Waals surface area contributed by atoms with Gasteiger partial charge < -0.3 is 15.3 Å². The third kappa shape index (κ3) is 5.64. The Morgan fingerprint density at radius 3 is 1.63 bits per heavy atom. The molecule has 0 saturated heterocycles. The standard InChI is InChI=1S/C14H22O.CH2O3/c1-13(2,3)10-8-7-9-11(15)12(10)14(4,5)6;2-1(3)4/h7-9,15H,1-6H3;(H2,2,3,4). The molecule has 19 heavy (non-hydrogen) atoms. The fraction of sp³-hybridized carbons (Fsp3) is 0.533. The topological polar surface area (TPSA) is 77.8 Å². The zero-order valence-electron chi connectivity index (χ0n) is 12.5. The molecule has 0 aliphatic rings. The van der Waals surface area contributed by atoms with E-state index in [0.717, 1.165) is 5.56 Å². The van der Waals surface area contributed by atoms with Crippen LogP contribution >= 0.6 is 0 Å². The van der Waals surface area contributed by atoms with Gasteiger partial charge in [0.15, 0.2) is 0 Å². The number of phenolic OH excluding ortho intramolecular Hbond substituents is 1. The lowest BCUT2D eigenvalue weighted by atomic mass is 9.75. The van der Waals surface area contributed by atoms with Gasteiger partial charge >= 0.3 is 6.16 Å². The molecule has 0 spiro atoms. The van der Waals surface area contributed by atoms with E-state index in [1.54, 1.807) is 6.07 Å². The Morgan fingerprint density at radius 2 is 1.37 bits per heavy atom. The van der Waals surface area contributed by atoms with Crippen LogP contribution in [0.4, 0.5) is 4.79 Å². The Balaban J connectivity index is 0.000000711. The maximum Gasteiger partial charge on any atom is 0.503 e. The van der Waals surface area contributed by atoms with Crippen LogP contribution < -0.4 is 0 Å². The molecule has 0 aromatic heterocycles. The molecule has 0 aliphatic carbocycles. The van der Waals surface area contributed by atoms with E-state index < -0.39 is 6.16 Å². The molecule has 0 heterocycles. The molecule has 0 unspecified atom stereocenters. The van der Waals surface area contributed by atoms with Gasteiger partial charge in [0.25, 0.3) is 0 Å². The van der Waals surface area contributed by atoms with Gasteiger partial charge in [-0.3, -0.25) is 0 Å². The molecule has 4 nitrogen and oxygen atoms in total. The summed E-state index contributed by atoms with van der Waals surface area (Å²) in [7, 11) is 0. The molecule has 0 atom stereocenters. The lowest BCUT2D eigenvalue weighted by Gasteiger charge is -2.30. The monoisotopic (exact) mass is 268 g/mol. The maximum atomic E-state index is 9.99. The van der Waals surface area contributed by atoms with Crippen LogP contribution in [-0.2, 0) is 10.8 Å². The Bertz CT molecular complexity index is 432. The highest BCUT2D eigenvalue weighted by molar-refractivity contribution is 5.53. The highest BCUT2D eigenvalue weighted by Gasteiger charge is 2.27. The van der Waals surface area contributed by atoms with Crippen molar-refractivity contribution in [3.63, 3.8) is 0 Å². The van der Waals surface area contributed by atoms with E-state index in [1.807, 2.05) is 6.07 Å². The summed E-state index contributed by atoms with van der Waals surface area (Å²) in [4.78, 5) is 8.56. The molecule has 1 rings (SSSR count). The number of rotatable bonds is 0. The Labute approximate surface area is 114 Å². The zero-order valence-corrected chi connectivity index (χ0v) is 12.5. The average molecular weight is 268 g/mol. The first-order valence-corrected chi connectivity index (χ1v) is 6.12. The van der Waals surface area contributed by atoms with Crippen LogP contribution in [0, 0.1) is 0 Å². The van der Waals surface area contributed by atoms with E-state index >= 15 is 0 Å². The van der Waals surface area contributed by atoms with Crippen molar-refractivity contribution >= 4 is 6.16 Å². The van der Waals surface area contributed by atoms with E-state index in [9.17, 15) is 5.11 Å². The molecule has 0 bridgehead atoms. The van der Waals surface area contributed by atoms with Crippen LogP contribution in [0.1, 0.15) is 52.7 Å². The predicted molar refractivity (Wildman–Crippen MR) is 76.2 cm³/mol. The molecule has 108 valence electrons. The van der Waals surface area contributed by atoms with Crippen LogP contribution in [0.25, 0.3) is 0 Å². The third-order valence-electron chi connectivity index (χ3n) is 2.60. The Kier molecular flexibility index (Phi) is 5.42. The highest BCUT2D eigenvalue weighted by Crippen LogP contribution is 2.38. The molecule has 0 aliphatic heterocycles. The fourth-order valence-corrected chi connectivity index (χ4v) is 1.95. The van der Waals surface area contributed by atoms with Crippen molar-refractivity contribution in [2.24, 2.45) is 0 Å². The summed E-state index contributed by atoms with van der Waals surface area (Å²) in [5.41, 5.74) is 2.35.